The van der Waals surface area contributed by atoms with Crippen molar-refractivity contribution in [1.29, 1.82) is 0 Å². The average molecular weight is 189 g/mol. The van der Waals surface area contributed by atoms with Gasteiger partial charge in [-0.3, -0.25) is 4.90 Å². The summed E-state index contributed by atoms with van der Waals surface area (Å²) >= 11 is 0. The van der Waals surface area contributed by atoms with Gasteiger partial charge in [0.05, 0.1) is 6.10 Å². The topological polar surface area (TPSA) is 23.5 Å². The second-order valence-corrected chi connectivity index (χ2v) is 4.36. The Hall–Kier alpha value is -0.150. The van der Waals surface area contributed by atoms with Crippen LogP contribution >= 0.6 is 0 Å². The molecule has 1 rings (SSSR count). The standard InChI is InChI=1S/C10H20FNO/c1-8(2)5-9-6-10(13)7-12(9)4-3-11/h8-10,13H,3-7H2,1-2H3. The van der Waals surface area contributed by atoms with Crippen molar-refractivity contribution in [3.05, 3.63) is 0 Å². The molecule has 0 aromatic carbocycles. The lowest BCUT2D eigenvalue weighted by Gasteiger charge is -2.24. The second-order valence-electron chi connectivity index (χ2n) is 4.36. The fourth-order valence-electron chi connectivity index (χ4n) is 2.13. The third-order valence-corrected chi connectivity index (χ3v) is 2.62. The molecule has 0 saturated carbocycles. The Morgan fingerprint density at radius 1 is 1.54 bits per heavy atom. The number of hydrogen-bond donors (Lipinski definition) is 1. The molecule has 0 aromatic heterocycles. The van der Waals surface area contributed by atoms with E-state index in [1.54, 1.807) is 0 Å². The van der Waals surface area contributed by atoms with E-state index in [1.807, 2.05) is 0 Å². The maximum absolute atomic E-state index is 12.2. The highest BCUT2D eigenvalue weighted by Crippen LogP contribution is 2.23. The fraction of sp³-hybridized carbons (Fsp3) is 1.00. The first-order valence-electron chi connectivity index (χ1n) is 5.11. The van der Waals surface area contributed by atoms with E-state index in [4.69, 9.17) is 0 Å². The van der Waals surface area contributed by atoms with Crippen molar-refractivity contribution < 1.29 is 9.50 Å². The molecule has 13 heavy (non-hydrogen) atoms. The van der Waals surface area contributed by atoms with Crippen LogP contribution in [-0.4, -0.2) is 41.9 Å². The molecule has 0 amide bonds. The Balaban J connectivity index is 2.40. The molecule has 2 unspecified atom stereocenters. The molecule has 2 atom stereocenters. The maximum atomic E-state index is 12.2. The molecular weight excluding hydrogens is 169 g/mol. The van der Waals surface area contributed by atoms with Gasteiger partial charge in [0.1, 0.15) is 6.67 Å². The second kappa shape index (κ2) is 4.91. The van der Waals surface area contributed by atoms with Crippen LogP contribution in [0.15, 0.2) is 0 Å². The van der Waals surface area contributed by atoms with Crippen LogP contribution in [-0.2, 0) is 0 Å². The van der Waals surface area contributed by atoms with E-state index < -0.39 is 0 Å². The summed E-state index contributed by atoms with van der Waals surface area (Å²) in [5, 5.41) is 9.45. The van der Waals surface area contributed by atoms with Crippen LogP contribution in [0.1, 0.15) is 26.7 Å². The predicted molar refractivity (Wildman–Crippen MR) is 51.4 cm³/mol. The van der Waals surface area contributed by atoms with Gasteiger partial charge in [0.2, 0.25) is 0 Å². The molecule has 0 spiro atoms. The normalized spacial score (nSPS) is 30.2. The Labute approximate surface area is 79.7 Å². The molecule has 3 heteroatoms. The molecule has 1 aliphatic rings. The van der Waals surface area contributed by atoms with E-state index in [-0.39, 0.29) is 12.8 Å². The Morgan fingerprint density at radius 3 is 2.77 bits per heavy atom. The first kappa shape index (κ1) is 10.9. The zero-order valence-corrected chi connectivity index (χ0v) is 8.54. The number of rotatable bonds is 4. The van der Waals surface area contributed by atoms with Gasteiger partial charge in [-0.1, -0.05) is 13.8 Å². The highest BCUT2D eigenvalue weighted by atomic mass is 19.1. The number of aliphatic hydroxyl groups excluding tert-OH is 1. The van der Waals surface area contributed by atoms with E-state index >= 15 is 0 Å². The van der Waals surface area contributed by atoms with Gasteiger partial charge in [-0.2, -0.15) is 0 Å². The van der Waals surface area contributed by atoms with Crippen LogP contribution in [0.2, 0.25) is 0 Å². The highest BCUT2D eigenvalue weighted by molar-refractivity contribution is 4.85. The van der Waals surface area contributed by atoms with Crippen molar-refractivity contribution in [3.63, 3.8) is 0 Å². The van der Waals surface area contributed by atoms with Gasteiger partial charge >= 0.3 is 0 Å². The summed E-state index contributed by atoms with van der Waals surface area (Å²) in [6, 6.07) is 0.394. The van der Waals surface area contributed by atoms with Gasteiger partial charge in [-0.15, -0.1) is 0 Å². The zero-order chi connectivity index (χ0) is 9.84. The van der Waals surface area contributed by atoms with E-state index in [0.717, 1.165) is 12.8 Å². The smallest absolute Gasteiger partial charge is 0.102 e. The molecule has 1 heterocycles. The number of β-amino-alcohol motifs (C(OH)–C–C–N with tert-alkyl or cyclic N) is 1. The van der Waals surface area contributed by atoms with Gasteiger partial charge in [-0.05, 0) is 18.8 Å². The lowest BCUT2D eigenvalue weighted by Crippen LogP contribution is -2.32. The van der Waals surface area contributed by atoms with Crippen LogP contribution in [0.3, 0.4) is 0 Å². The van der Waals surface area contributed by atoms with Crippen molar-refractivity contribution in [1.82, 2.24) is 4.90 Å². The van der Waals surface area contributed by atoms with E-state index in [9.17, 15) is 9.50 Å². The third-order valence-electron chi connectivity index (χ3n) is 2.62. The Morgan fingerprint density at radius 2 is 2.23 bits per heavy atom. The number of aliphatic hydroxyl groups is 1. The average Bonchev–Trinajstić information content (AvgIpc) is 2.31. The molecule has 0 aliphatic carbocycles. The largest absolute Gasteiger partial charge is 0.392 e. The summed E-state index contributed by atoms with van der Waals surface area (Å²) < 4.78 is 12.2. The number of nitrogens with zero attached hydrogens (tertiary/aromatic N) is 1. The third kappa shape index (κ3) is 3.24. The summed E-state index contributed by atoms with van der Waals surface area (Å²) in [5.74, 6) is 0.623. The van der Waals surface area contributed by atoms with Crippen molar-refractivity contribution >= 4 is 0 Å². The first-order chi connectivity index (χ1) is 6.13. The predicted octanol–water partition coefficient (Wildman–Crippen LogP) is 1.44. The van der Waals surface area contributed by atoms with E-state index in [1.165, 1.54) is 0 Å². The molecule has 0 radical (unpaired) electrons. The number of likely N-dealkylation sites (tertiary alicyclic amines) is 1. The fourth-order valence-corrected chi connectivity index (χ4v) is 2.13. The minimum atomic E-state index is -0.304. The molecule has 0 aromatic rings. The Kier molecular flexibility index (Phi) is 4.13. The molecule has 1 N–H and O–H groups in total. The molecule has 2 nitrogen and oxygen atoms in total. The van der Waals surface area contributed by atoms with Crippen molar-refractivity contribution in [2.75, 3.05) is 19.8 Å². The molecule has 1 saturated heterocycles. The Bertz CT molecular complexity index is 152. The van der Waals surface area contributed by atoms with Crippen molar-refractivity contribution in [2.24, 2.45) is 5.92 Å². The van der Waals surface area contributed by atoms with Crippen LogP contribution < -0.4 is 0 Å². The summed E-state index contributed by atoms with van der Waals surface area (Å²) in [7, 11) is 0. The number of alkyl halides is 1. The van der Waals surface area contributed by atoms with E-state index in [0.29, 0.717) is 25.0 Å². The SMILES string of the molecule is CC(C)CC1CC(O)CN1CCF. The van der Waals surface area contributed by atoms with Crippen molar-refractivity contribution in [3.8, 4) is 0 Å². The van der Waals surface area contributed by atoms with Gasteiger partial charge in [-0.25, -0.2) is 4.39 Å². The van der Waals surface area contributed by atoms with Crippen molar-refractivity contribution in [2.45, 2.75) is 38.8 Å². The molecule has 1 fully saturated rings. The first-order valence-corrected chi connectivity index (χ1v) is 5.11. The van der Waals surface area contributed by atoms with Crippen LogP contribution in [0, 0.1) is 5.92 Å². The maximum Gasteiger partial charge on any atom is 0.102 e. The van der Waals surface area contributed by atoms with Crippen LogP contribution in [0.5, 0.6) is 0 Å². The summed E-state index contributed by atoms with van der Waals surface area (Å²) in [5.41, 5.74) is 0. The molecule has 0 bridgehead atoms. The monoisotopic (exact) mass is 189 g/mol. The minimum absolute atomic E-state index is 0.240. The highest BCUT2D eigenvalue weighted by Gasteiger charge is 2.30. The number of hydrogen-bond acceptors (Lipinski definition) is 2. The summed E-state index contributed by atoms with van der Waals surface area (Å²) in [6.45, 7) is 5.16. The molecule has 1 aliphatic heterocycles. The van der Waals surface area contributed by atoms with Crippen LogP contribution in [0.25, 0.3) is 0 Å². The minimum Gasteiger partial charge on any atom is -0.392 e. The molecule has 78 valence electrons. The lowest BCUT2D eigenvalue weighted by atomic mass is 10.0. The number of halogens is 1. The quantitative estimate of drug-likeness (QED) is 0.723. The molecular formula is C10H20FNO. The van der Waals surface area contributed by atoms with Gasteiger partial charge in [0.15, 0.2) is 0 Å². The lowest BCUT2D eigenvalue weighted by molar-refractivity contribution is 0.169. The van der Waals surface area contributed by atoms with Gasteiger partial charge < -0.3 is 5.11 Å². The van der Waals surface area contributed by atoms with Gasteiger partial charge in [0, 0.05) is 19.1 Å². The van der Waals surface area contributed by atoms with Gasteiger partial charge in [0.25, 0.3) is 0 Å². The summed E-state index contributed by atoms with van der Waals surface area (Å²) in [4.78, 5) is 2.07. The summed E-state index contributed by atoms with van der Waals surface area (Å²) in [6.07, 6.45) is 1.64. The van der Waals surface area contributed by atoms with E-state index in [2.05, 4.69) is 18.7 Å². The van der Waals surface area contributed by atoms with Crippen LogP contribution in [0.4, 0.5) is 4.39 Å². The zero-order valence-electron chi connectivity index (χ0n) is 8.54.